The number of thiophene rings is 1. The number of hydrogen-bond donors (Lipinski definition) is 2. The van der Waals surface area contributed by atoms with Gasteiger partial charge in [-0.15, -0.1) is 11.3 Å². The van der Waals surface area contributed by atoms with Gasteiger partial charge in [0.2, 0.25) is 5.91 Å². The summed E-state index contributed by atoms with van der Waals surface area (Å²) in [5.41, 5.74) is 0.234. The molecule has 2 fully saturated rings. The van der Waals surface area contributed by atoms with Crippen LogP contribution in [0.1, 0.15) is 43.9 Å². The Morgan fingerprint density at radius 2 is 2.18 bits per heavy atom. The van der Waals surface area contributed by atoms with E-state index in [2.05, 4.69) is 40.1 Å². The third-order valence-electron chi connectivity index (χ3n) is 6.11. The number of carbonyl (C=O) groups is 1. The highest BCUT2D eigenvalue weighted by molar-refractivity contribution is 7.09. The molecule has 0 aromatic carbocycles. The van der Waals surface area contributed by atoms with Gasteiger partial charge >= 0.3 is 0 Å². The summed E-state index contributed by atoms with van der Waals surface area (Å²) in [6.07, 6.45) is 7.31. The second-order valence-corrected chi connectivity index (χ2v) is 9.06. The Hall–Kier alpha value is -1.60. The minimum absolute atomic E-state index is 0.00994. The molecule has 0 saturated heterocycles. The average Bonchev–Trinajstić information content (AvgIpc) is 3.37. The van der Waals surface area contributed by atoms with E-state index >= 15 is 0 Å². The topological polar surface area (TPSA) is 66.0 Å². The van der Waals surface area contributed by atoms with E-state index in [9.17, 15) is 4.79 Å². The van der Waals surface area contributed by atoms with Crippen LogP contribution >= 0.6 is 11.3 Å². The van der Waals surface area contributed by atoms with Crippen LogP contribution < -0.4 is 10.6 Å². The van der Waals surface area contributed by atoms with E-state index in [1.165, 1.54) is 30.6 Å². The maximum absolute atomic E-state index is 12.0. The van der Waals surface area contributed by atoms with Crippen LogP contribution in [0.3, 0.4) is 0 Å². The van der Waals surface area contributed by atoms with Gasteiger partial charge in [-0.2, -0.15) is 0 Å². The fourth-order valence-electron chi connectivity index (χ4n) is 4.45. The lowest BCUT2D eigenvalue weighted by atomic mass is 9.60. The van der Waals surface area contributed by atoms with Crippen LogP contribution in [0.5, 0.6) is 0 Å². The molecule has 3 rings (SSSR count). The third kappa shape index (κ3) is 4.87. The highest BCUT2D eigenvalue weighted by Crippen LogP contribution is 2.54. The van der Waals surface area contributed by atoms with Crippen LogP contribution in [0.25, 0.3) is 0 Å². The van der Waals surface area contributed by atoms with Crippen LogP contribution in [0, 0.1) is 5.41 Å². The number of amides is 1. The maximum atomic E-state index is 12.0. The molecule has 0 aliphatic heterocycles. The van der Waals surface area contributed by atoms with Gasteiger partial charge in [0, 0.05) is 43.6 Å². The second kappa shape index (κ2) is 9.74. The number of nitrogens with one attached hydrogen (secondary N) is 2. The summed E-state index contributed by atoms with van der Waals surface area (Å²) in [7, 11) is 3.53. The lowest BCUT2D eigenvalue weighted by Gasteiger charge is -2.54. The number of rotatable bonds is 8. The number of carbonyl (C=O) groups excluding carboxylic acids is 1. The molecule has 2 aliphatic carbocycles. The first-order valence-corrected chi connectivity index (χ1v) is 11.3. The molecular weight excluding hydrogens is 372 g/mol. The van der Waals surface area contributed by atoms with Gasteiger partial charge in [0.1, 0.15) is 6.54 Å². The van der Waals surface area contributed by atoms with E-state index in [1.807, 2.05) is 0 Å². The number of hydrogen-bond acceptors (Lipinski definition) is 4. The molecule has 2 unspecified atom stereocenters. The zero-order chi connectivity index (χ0) is 20.0. The molecule has 2 saturated carbocycles. The van der Waals surface area contributed by atoms with Crippen LogP contribution in [0.4, 0.5) is 0 Å². The summed E-state index contributed by atoms with van der Waals surface area (Å²) in [6.45, 7) is 3.82. The Kier molecular flexibility index (Phi) is 7.35. The van der Waals surface area contributed by atoms with Crippen molar-refractivity contribution < 1.29 is 9.53 Å². The van der Waals surface area contributed by atoms with Crippen LogP contribution in [-0.2, 0) is 16.0 Å². The van der Waals surface area contributed by atoms with Crippen molar-refractivity contribution in [3.63, 3.8) is 0 Å². The predicted molar refractivity (Wildman–Crippen MR) is 115 cm³/mol. The van der Waals surface area contributed by atoms with Gasteiger partial charge in [0.05, 0.1) is 6.10 Å². The summed E-state index contributed by atoms with van der Waals surface area (Å²) < 4.78 is 6.03. The van der Waals surface area contributed by atoms with Crippen LogP contribution in [0.15, 0.2) is 22.5 Å². The molecule has 156 valence electrons. The zero-order valence-corrected chi connectivity index (χ0v) is 18.2. The Morgan fingerprint density at radius 3 is 2.82 bits per heavy atom. The van der Waals surface area contributed by atoms with Gasteiger partial charge in [0.25, 0.3) is 0 Å². The molecule has 1 aromatic rings. The largest absolute Gasteiger partial charge is 0.378 e. The monoisotopic (exact) mass is 406 g/mol. The molecule has 1 amide bonds. The summed E-state index contributed by atoms with van der Waals surface area (Å²) >= 11 is 1.77. The summed E-state index contributed by atoms with van der Waals surface area (Å²) in [4.78, 5) is 19.5. The smallest absolute Gasteiger partial charge is 0.243 e. The molecule has 2 aliphatic rings. The lowest BCUT2D eigenvalue weighted by molar-refractivity contribution is -0.127. The first-order chi connectivity index (χ1) is 13.5. The highest BCUT2D eigenvalue weighted by atomic mass is 32.1. The van der Waals surface area contributed by atoms with E-state index in [-0.39, 0.29) is 17.9 Å². The molecular formula is C21H34N4O2S. The normalized spacial score (nSPS) is 23.5. The molecule has 7 heteroatoms. The standard InChI is InChI=1S/C21H34N4O2S/c1-4-27-18-14-17(21(18)10-5-6-11-21)24-20(23-15-19(26)25(2)3)22-12-9-16-8-7-13-28-16/h7-8,13,17-18H,4-6,9-12,14-15H2,1-3H3,(H2,22,23,24). The number of likely N-dealkylation sites (N-methyl/N-ethyl adjacent to an activating group) is 1. The second-order valence-electron chi connectivity index (χ2n) is 8.03. The fourth-order valence-corrected chi connectivity index (χ4v) is 5.16. The van der Waals surface area contributed by atoms with Crippen molar-refractivity contribution in [2.24, 2.45) is 10.4 Å². The SMILES string of the molecule is CCOC1CC(NC(=NCC(=O)N(C)C)NCCc2cccs2)C12CCCC2. The molecule has 1 heterocycles. The summed E-state index contributed by atoms with van der Waals surface area (Å²) in [6, 6.07) is 4.60. The van der Waals surface area contributed by atoms with Gasteiger partial charge in [0.15, 0.2) is 5.96 Å². The van der Waals surface area contributed by atoms with E-state index in [4.69, 9.17) is 4.74 Å². The van der Waals surface area contributed by atoms with Gasteiger partial charge in [-0.05, 0) is 44.1 Å². The number of aliphatic imine (C=N–C) groups is 1. The van der Waals surface area contributed by atoms with E-state index in [0.717, 1.165) is 32.0 Å². The summed E-state index contributed by atoms with van der Waals surface area (Å²) in [5.74, 6) is 0.758. The lowest BCUT2D eigenvalue weighted by Crippen LogP contribution is -2.65. The molecule has 1 spiro atoms. The maximum Gasteiger partial charge on any atom is 0.243 e. The van der Waals surface area contributed by atoms with E-state index in [1.54, 1.807) is 30.3 Å². The van der Waals surface area contributed by atoms with Gasteiger partial charge in [-0.25, -0.2) is 4.99 Å². The molecule has 1 aromatic heterocycles. The van der Waals surface area contributed by atoms with Crippen molar-refractivity contribution in [1.82, 2.24) is 15.5 Å². The van der Waals surface area contributed by atoms with Crippen molar-refractivity contribution in [1.29, 1.82) is 0 Å². The number of guanidine groups is 1. The van der Waals surface area contributed by atoms with Crippen molar-refractivity contribution in [2.75, 3.05) is 33.8 Å². The van der Waals surface area contributed by atoms with E-state index < -0.39 is 0 Å². The minimum Gasteiger partial charge on any atom is -0.378 e. The molecule has 0 bridgehead atoms. The average molecular weight is 407 g/mol. The molecule has 2 N–H and O–H groups in total. The van der Waals surface area contributed by atoms with Crippen LogP contribution in [0.2, 0.25) is 0 Å². The minimum atomic E-state index is 0.00994. The summed E-state index contributed by atoms with van der Waals surface area (Å²) in [5, 5.41) is 9.18. The van der Waals surface area contributed by atoms with Gasteiger partial charge < -0.3 is 20.3 Å². The Bertz CT molecular complexity index is 653. The molecule has 6 nitrogen and oxygen atoms in total. The van der Waals surface area contributed by atoms with Gasteiger partial charge in [-0.1, -0.05) is 18.9 Å². The van der Waals surface area contributed by atoms with Crippen molar-refractivity contribution >= 4 is 23.2 Å². The van der Waals surface area contributed by atoms with Crippen molar-refractivity contribution in [2.45, 2.75) is 57.6 Å². The Labute approximate surface area is 172 Å². The zero-order valence-electron chi connectivity index (χ0n) is 17.4. The first kappa shape index (κ1) is 21.1. The van der Waals surface area contributed by atoms with Crippen molar-refractivity contribution in [3.8, 4) is 0 Å². The Balaban J connectivity index is 1.62. The molecule has 28 heavy (non-hydrogen) atoms. The number of ether oxygens (including phenoxy) is 1. The molecule has 0 radical (unpaired) electrons. The first-order valence-electron chi connectivity index (χ1n) is 10.4. The third-order valence-corrected chi connectivity index (χ3v) is 7.05. The quantitative estimate of drug-likeness (QED) is 0.515. The van der Waals surface area contributed by atoms with E-state index in [0.29, 0.717) is 12.1 Å². The Morgan fingerprint density at radius 1 is 1.39 bits per heavy atom. The highest BCUT2D eigenvalue weighted by Gasteiger charge is 2.56. The molecule has 2 atom stereocenters. The van der Waals surface area contributed by atoms with Gasteiger partial charge in [-0.3, -0.25) is 4.79 Å². The number of nitrogens with zero attached hydrogens (tertiary/aromatic N) is 2. The van der Waals surface area contributed by atoms with Crippen molar-refractivity contribution in [3.05, 3.63) is 22.4 Å². The van der Waals surface area contributed by atoms with Crippen LogP contribution in [-0.4, -0.2) is 62.7 Å². The predicted octanol–water partition coefficient (Wildman–Crippen LogP) is 2.65. The fraction of sp³-hybridized carbons (Fsp3) is 0.714.